The number of amides is 3. The number of ether oxygens (including phenoxy) is 2. The molecule has 0 bridgehead atoms. The van der Waals surface area contributed by atoms with Gasteiger partial charge < -0.3 is 25.0 Å². The van der Waals surface area contributed by atoms with Gasteiger partial charge in [-0.25, -0.2) is 0 Å². The number of Topliss-reactive ketones (excluding diaryl/α,β-unsaturated/α-hetero) is 1. The Morgan fingerprint density at radius 1 is 0.922 bits per heavy atom. The van der Waals surface area contributed by atoms with Crippen LogP contribution in [-0.2, 0) is 36.9 Å². The van der Waals surface area contributed by atoms with Gasteiger partial charge >= 0.3 is 0 Å². The van der Waals surface area contributed by atoms with Crippen molar-refractivity contribution in [2.75, 3.05) is 32.9 Å². The van der Waals surface area contributed by atoms with Crippen molar-refractivity contribution in [3.05, 3.63) is 65.2 Å². The number of nitrogens with one attached hydrogen (secondary N) is 2. The SMILES string of the molecule is CC(=O)[C@H](CC(=O)N1CCCC(CCOc2ccc(C)c(CNC(=O)[C@@H](C)CCc3ccccc3)c2)C1)NC(=O)CCOCCCC1CCCC1. The van der Waals surface area contributed by atoms with E-state index in [2.05, 4.69) is 22.8 Å². The van der Waals surface area contributed by atoms with Crippen molar-refractivity contribution in [3.63, 3.8) is 0 Å². The standard InChI is InChI=1S/C42H61N3O6/c1-31-18-20-38(27-37(31)29-43-42(49)32(2)17-19-35-11-5-4-6-12-35)51-26-21-36-15-9-23-45(30-36)41(48)28-39(33(3)46)44-40(47)22-25-50-24-10-16-34-13-7-8-14-34/h4-6,11-12,18,20,27,32,34,36,39H,7-10,13-17,19,21-26,28-30H2,1-3H3,(H,43,49)(H,44,47)/t32-,36?,39-/m0/s1. The van der Waals surface area contributed by atoms with Crippen LogP contribution in [0, 0.1) is 24.7 Å². The van der Waals surface area contributed by atoms with Gasteiger partial charge in [0.05, 0.1) is 25.7 Å². The number of aryl methyl sites for hydroxylation is 2. The molecule has 2 N–H and O–H groups in total. The van der Waals surface area contributed by atoms with Crippen molar-refractivity contribution in [2.45, 2.75) is 117 Å². The molecule has 1 saturated carbocycles. The Labute approximate surface area is 305 Å². The fraction of sp³-hybridized carbons (Fsp3) is 0.619. The van der Waals surface area contributed by atoms with Crippen LogP contribution in [0.4, 0.5) is 0 Å². The summed E-state index contributed by atoms with van der Waals surface area (Å²) < 4.78 is 11.8. The van der Waals surface area contributed by atoms with Gasteiger partial charge in [-0.15, -0.1) is 0 Å². The number of benzene rings is 2. The van der Waals surface area contributed by atoms with E-state index in [0.29, 0.717) is 45.4 Å². The molecular formula is C42H61N3O6. The van der Waals surface area contributed by atoms with E-state index in [1.165, 1.54) is 44.6 Å². The van der Waals surface area contributed by atoms with Crippen molar-refractivity contribution in [2.24, 2.45) is 17.8 Å². The molecule has 2 fully saturated rings. The summed E-state index contributed by atoms with van der Waals surface area (Å²) in [5.41, 5.74) is 3.36. The van der Waals surface area contributed by atoms with E-state index in [4.69, 9.17) is 9.47 Å². The third-order valence-electron chi connectivity index (χ3n) is 10.7. The molecule has 1 saturated heterocycles. The summed E-state index contributed by atoms with van der Waals surface area (Å²) in [6.07, 6.45) is 12.1. The topological polar surface area (TPSA) is 114 Å². The van der Waals surface area contributed by atoms with Crippen LogP contribution < -0.4 is 15.4 Å². The minimum Gasteiger partial charge on any atom is -0.494 e. The molecule has 3 amide bonds. The van der Waals surface area contributed by atoms with Gasteiger partial charge in [-0.1, -0.05) is 69.0 Å². The lowest BCUT2D eigenvalue weighted by Crippen LogP contribution is -2.46. The van der Waals surface area contributed by atoms with E-state index in [9.17, 15) is 19.2 Å². The summed E-state index contributed by atoms with van der Waals surface area (Å²) in [6.45, 7) is 8.65. The van der Waals surface area contributed by atoms with Gasteiger partial charge in [-0.3, -0.25) is 19.2 Å². The number of piperidine rings is 1. The molecular weight excluding hydrogens is 642 g/mol. The lowest BCUT2D eigenvalue weighted by Gasteiger charge is -2.33. The van der Waals surface area contributed by atoms with Crippen LogP contribution >= 0.6 is 0 Å². The zero-order valence-electron chi connectivity index (χ0n) is 31.3. The highest BCUT2D eigenvalue weighted by atomic mass is 16.5. The predicted octanol–water partition coefficient (Wildman–Crippen LogP) is 6.73. The van der Waals surface area contributed by atoms with Gasteiger partial charge in [0.25, 0.3) is 0 Å². The molecule has 4 rings (SSSR count). The quantitative estimate of drug-likeness (QED) is 0.140. The van der Waals surface area contributed by atoms with Gasteiger partial charge in [0.15, 0.2) is 5.78 Å². The third-order valence-corrected chi connectivity index (χ3v) is 10.7. The van der Waals surface area contributed by atoms with E-state index in [1.807, 2.05) is 55.1 Å². The largest absolute Gasteiger partial charge is 0.494 e. The van der Waals surface area contributed by atoms with Crippen LogP contribution in [0.25, 0.3) is 0 Å². The average Bonchev–Trinajstić information content (AvgIpc) is 3.66. The summed E-state index contributed by atoms with van der Waals surface area (Å²) in [6, 6.07) is 15.4. The van der Waals surface area contributed by atoms with Crippen molar-refractivity contribution in [1.82, 2.24) is 15.5 Å². The van der Waals surface area contributed by atoms with Crippen molar-refractivity contribution in [3.8, 4) is 5.75 Å². The molecule has 1 unspecified atom stereocenters. The number of rotatable bonds is 21. The Balaban J connectivity index is 1.13. The number of ketones is 1. The highest BCUT2D eigenvalue weighted by Gasteiger charge is 2.28. The molecule has 1 aliphatic carbocycles. The maximum Gasteiger partial charge on any atom is 0.225 e. The summed E-state index contributed by atoms with van der Waals surface area (Å²) in [5, 5.41) is 5.87. The molecule has 0 spiro atoms. The molecule has 1 heterocycles. The number of likely N-dealkylation sites (tertiary alicyclic amines) is 1. The first kappa shape index (κ1) is 40.1. The second-order valence-electron chi connectivity index (χ2n) is 14.8. The van der Waals surface area contributed by atoms with Crippen LogP contribution in [0.1, 0.15) is 108 Å². The molecule has 0 aromatic heterocycles. The van der Waals surface area contributed by atoms with E-state index in [0.717, 1.165) is 61.3 Å². The minimum absolute atomic E-state index is 0.0268. The first-order valence-electron chi connectivity index (χ1n) is 19.4. The molecule has 2 aromatic rings. The summed E-state index contributed by atoms with van der Waals surface area (Å²) in [7, 11) is 0. The van der Waals surface area contributed by atoms with Crippen LogP contribution in [0.15, 0.2) is 48.5 Å². The van der Waals surface area contributed by atoms with E-state index in [1.54, 1.807) is 0 Å². The maximum atomic E-state index is 13.2. The Morgan fingerprint density at radius 2 is 1.69 bits per heavy atom. The van der Waals surface area contributed by atoms with Crippen LogP contribution in [0.5, 0.6) is 5.75 Å². The van der Waals surface area contributed by atoms with E-state index in [-0.39, 0.29) is 42.3 Å². The maximum absolute atomic E-state index is 13.2. The second-order valence-corrected chi connectivity index (χ2v) is 14.8. The molecule has 0 radical (unpaired) electrons. The highest BCUT2D eigenvalue weighted by Crippen LogP contribution is 2.28. The van der Waals surface area contributed by atoms with Gasteiger partial charge in [0.2, 0.25) is 17.7 Å². The van der Waals surface area contributed by atoms with Gasteiger partial charge in [-0.05, 0) is 99.5 Å². The average molecular weight is 704 g/mol. The van der Waals surface area contributed by atoms with E-state index >= 15 is 0 Å². The smallest absolute Gasteiger partial charge is 0.225 e. The Kier molecular flexibility index (Phi) is 17.0. The highest BCUT2D eigenvalue weighted by molar-refractivity contribution is 5.92. The zero-order valence-corrected chi connectivity index (χ0v) is 31.3. The van der Waals surface area contributed by atoms with Gasteiger partial charge in [0.1, 0.15) is 5.75 Å². The van der Waals surface area contributed by atoms with Crippen molar-refractivity contribution < 1.29 is 28.7 Å². The minimum atomic E-state index is -0.825. The molecule has 51 heavy (non-hydrogen) atoms. The van der Waals surface area contributed by atoms with E-state index < -0.39 is 6.04 Å². The molecule has 1 aliphatic heterocycles. The third kappa shape index (κ3) is 14.4. The lowest BCUT2D eigenvalue weighted by atomic mass is 9.94. The van der Waals surface area contributed by atoms with Gasteiger partial charge in [-0.2, -0.15) is 0 Å². The molecule has 280 valence electrons. The first-order chi connectivity index (χ1) is 24.7. The lowest BCUT2D eigenvalue weighted by molar-refractivity contribution is -0.136. The van der Waals surface area contributed by atoms with Crippen molar-refractivity contribution in [1.29, 1.82) is 0 Å². The monoisotopic (exact) mass is 703 g/mol. The fourth-order valence-corrected chi connectivity index (χ4v) is 7.22. The molecule has 3 atom stereocenters. The Hall–Kier alpha value is -3.72. The molecule has 9 heteroatoms. The second kappa shape index (κ2) is 21.6. The normalized spacial score (nSPS) is 17.5. The van der Waals surface area contributed by atoms with Crippen molar-refractivity contribution >= 4 is 23.5 Å². The molecule has 2 aliphatic rings. The summed E-state index contributed by atoms with van der Waals surface area (Å²) in [5.74, 6) is 1.27. The number of hydrogen-bond donors (Lipinski definition) is 2. The number of nitrogens with zero attached hydrogens (tertiary/aromatic N) is 1. The first-order valence-corrected chi connectivity index (χ1v) is 19.4. The Morgan fingerprint density at radius 3 is 2.45 bits per heavy atom. The number of carbonyl (C=O) groups excluding carboxylic acids is 4. The van der Waals surface area contributed by atoms with Gasteiger partial charge in [0, 0.05) is 38.6 Å². The molecule has 2 aromatic carbocycles. The number of carbonyl (C=O) groups is 4. The predicted molar refractivity (Wildman–Crippen MR) is 200 cm³/mol. The number of hydrogen-bond acceptors (Lipinski definition) is 6. The molecule has 9 nitrogen and oxygen atoms in total. The zero-order chi connectivity index (χ0) is 36.4. The fourth-order valence-electron chi connectivity index (χ4n) is 7.22. The Bertz CT molecular complexity index is 1390. The summed E-state index contributed by atoms with van der Waals surface area (Å²) in [4.78, 5) is 52.7. The van der Waals surface area contributed by atoms with Crippen LogP contribution in [0.2, 0.25) is 0 Å². The van der Waals surface area contributed by atoms with Crippen LogP contribution in [0.3, 0.4) is 0 Å². The summed E-state index contributed by atoms with van der Waals surface area (Å²) >= 11 is 0. The van der Waals surface area contributed by atoms with Crippen LogP contribution in [-0.4, -0.2) is 67.4 Å².